The summed E-state index contributed by atoms with van der Waals surface area (Å²) in [5.74, 6) is -0.0116. The lowest BCUT2D eigenvalue weighted by atomic mass is 9.99. The molecular formula is C12H11NO3S3. The molecule has 100 valence electrons. The lowest BCUT2D eigenvalue weighted by molar-refractivity contribution is -0.143. The molecule has 1 amide bonds. The summed E-state index contributed by atoms with van der Waals surface area (Å²) in [5.41, 5.74) is -1.10. The molecule has 0 saturated carbocycles. The Balaban J connectivity index is 1.84. The van der Waals surface area contributed by atoms with Gasteiger partial charge < -0.3 is 10.4 Å². The largest absolute Gasteiger partial charge is 0.479 e. The third-order valence-corrected chi connectivity index (χ3v) is 6.43. The molecule has 1 saturated heterocycles. The van der Waals surface area contributed by atoms with Crippen molar-refractivity contribution in [3.05, 3.63) is 22.4 Å². The number of nitrogens with one attached hydrogen (secondary N) is 1. The molecule has 2 aromatic heterocycles. The highest BCUT2D eigenvalue weighted by atomic mass is 32.2. The van der Waals surface area contributed by atoms with Crippen molar-refractivity contribution in [3.8, 4) is 0 Å². The van der Waals surface area contributed by atoms with Crippen LogP contribution in [0.25, 0.3) is 9.40 Å². The second-order valence-electron chi connectivity index (χ2n) is 4.40. The zero-order valence-electron chi connectivity index (χ0n) is 9.84. The van der Waals surface area contributed by atoms with E-state index in [-0.39, 0.29) is 5.91 Å². The third-order valence-electron chi connectivity index (χ3n) is 3.15. The smallest absolute Gasteiger partial charge is 0.330 e. The highest BCUT2D eigenvalue weighted by molar-refractivity contribution is 7.99. The molecule has 0 radical (unpaired) electrons. The molecule has 1 atom stereocenters. The van der Waals surface area contributed by atoms with Crippen molar-refractivity contribution in [1.29, 1.82) is 0 Å². The predicted molar refractivity (Wildman–Crippen MR) is 79.5 cm³/mol. The van der Waals surface area contributed by atoms with Gasteiger partial charge in [-0.05, 0) is 29.7 Å². The van der Waals surface area contributed by atoms with Crippen LogP contribution in [0.2, 0.25) is 0 Å². The van der Waals surface area contributed by atoms with Gasteiger partial charge in [-0.1, -0.05) is 0 Å². The zero-order valence-corrected chi connectivity index (χ0v) is 12.3. The molecule has 0 bridgehead atoms. The van der Waals surface area contributed by atoms with Crippen LogP contribution in [0.5, 0.6) is 0 Å². The average Bonchev–Trinajstić information content (AvgIpc) is 3.02. The fraction of sp³-hybridized carbons (Fsp3) is 0.333. The number of carbonyl (C=O) groups excluding carboxylic acids is 1. The van der Waals surface area contributed by atoms with E-state index in [4.69, 9.17) is 0 Å². The van der Waals surface area contributed by atoms with E-state index in [9.17, 15) is 14.7 Å². The Morgan fingerprint density at radius 3 is 2.84 bits per heavy atom. The first kappa shape index (κ1) is 13.0. The second kappa shape index (κ2) is 4.81. The van der Waals surface area contributed by atoms with Gasteiger partial charge >= 0.3 is 5.97 Å². The zero-order chi connectivity index (χ0) is 13.5. The number of carboxylic acids is 1. The molecule has 1 unspecified atom stereocenters. The maximum atomic E-state index is 12.2. The number of thioether (sulfide) groups is 1. The summed E-state index contributed by atoms with van der Waals surface area (Å²) in [7, 11) is 0. The standard InChI is InChI=1S/C12H11NO3S3/c14-10(9-5-8-7(19-9)1-3-18-8)13-12(11(15)16)2-4-17-6-12/h1,3,5H,2,4,6H2,(H,13,14)(H,15,16). The van der Waals surface area contributed by atoms with E-state index < -0.39 is 11.5 Å². The van der Waals surface area contributed by atoms with Crippen molar-refractivity contribution < 1.29 is 14.7 Å². The number of hydrogen-bond acceptors (Lipinski definition) is 5. The van der Waals surface area contributed by atoms with Gasteiger partial charge in [0.1, 0.15) is 5.54 Å². The SMILES string of the molecule is O=C(NC1(C(=O)O)CCSC1)c1cc2sccc2s1. The molecule has 1 aliphatic rings. The molecule has 1 aliphatic heterocycles. The van der Waals surface area contributed by atoms with E-state index >= 15 is 0 Å². The van der Waals surface area contributed by atoms with Crippen molar-refractivity contribution >= 4 is 55.7 Å². The van der Waals surface area contributed by atoms with E-state index in [1.54, 1.807) is 23.1 Å². The van der Waals surface area contributed by atoms with Crippen molar-refractivity contribution in [2.24, 2.45) is 0 Å². The highest BCUT2D eigenvalue weighted by Gasteiger charge is 2.43. The lowest BCUT2D eigenvalue weighted by Gasteiger charge is -2.24. The highest BCUT2D eigenvalue weighted by Crippen LogP contribution is 2.32. The summed E-state index contributed by atoms with van der Waals surface area (Å²) in [5, 5.41) is 14.0. The molecule has 0 aromatic carbocycles. The maximum Gasteiger partial charge on any atom is 0.330 e. The van der Waals surface area contributed by atoms with Crippen LogP contribution in [0.15, 0.2) is 17.5 Å². The predicted octanol–water partition coefficient (Wildman–Crippen LogP) is 2.65. The molecule has 3 rings (SSSR count). The van der Waals surface area contributed by atoms with Crippen LogP contribution in [0, 0.1) is 0 Å². The van der Waals surface area contributed by atoms with Crippen LogP contribution in [0.4, 0.5) is 0 Å². The maximum absolute atomic E-state index is 12.2. The van der Waals surface area contributed by atoms with E-state index in [0.717, 1.165) is 15.2 Å². The Bertz CT molecular complexity index is 611. The lowest BCUT2D eigenvalue weighted by Crippen LogP contribution is -2.54. The molecule has 0 spiro atoms. The Morgan fingerprint density at radius 1 is 1.37 bits per heavy atom. The summed E-state index contributed by atoms with van der Waals surface area (Å²) >= 11 is 4.55. The Hall–Kier alpha value is -1.05. The number of amides is 1. The van der Waals surface area contributed by atoms with Crippen LogP contribution < -0.4 is 5.32 Å². The minimum atomic E-state index is -1.10. The first-order valence-corrected chi connectivity index (χ1v) is 8.56. The molecule has 4 nitrogen and oxygen atoms in total. The van der Waals surface area contributed by atoms with Crippen LogP contribution in [0.1, 0.15) is 16.1 Å². The number of fused-ring (bicyclic) bond motifs is 1. The minimum absolute atomic E-state index is 0.279. The molecular weight excluding hydrogens is 302 g/mol. The van der Waals surface area contributed by atoms with Crippen molar-refractivity contribution in [2.45, 2.75) is 12.0 Å². The van der Waals surface area contributed by atoms with E-state index in [2.05, 4.69) is 5.32 Å². The van der Waals surface area contributed by atoms with Crippen LogP contribution in [-0.2, 0) is 4.79 Å². The first-order valence-electron chi connectivity index (χ1n) is 5.71. The fourth-order valence-electron chi connectivity index (χ4n) is 2.04. The molecule has 2 N–H and O–H groups in total. The molecule has 3 heterocycles. The van der Waals surface area contributed by atoms with Crippen LogP contribution in [-0.4, -0.2) is 34.0 Å². The topological polar surface area (TPSA) is 66.4 Å². The number of carbonyl (C=O) groups is 2. The van der Waals surface area contributed by atoms with Gasteiger partial charge in [0.15, 0.2) is 0 Å². The Labute approximate surface area is 121 Å². The molecule has 7 heteroatoms. The number of rotatable bonds is 3. The third kappa shape index (κ3) is 2.26. The summed E-state index contributed by atoms with van der Waals surface area (Å²) in [6, 6.07) is 3.80. The van der Waals surface area contributed by atoms with E-state index in [1.165, 1.54) is 11.3 Å². The first-order chi connectivity index (χ1) is 9.11. The molecule has 2 aromatic rings. The van der Waals surface area contributed by atoms with E-state index in [0.29, 0.717) is 17.1 Å². The quantitative estimate of drug-likeness (QED) is 0.914. The van der Waals surface area contributed by atoms with Crippen molar-refractivity contribution in [1.82, 2.24) is 5.32 Å². The number of carboxylic acid groups (broad SMARTS) is 1. The van der Waals surface area contributed by atoms with Gasteiger partial charge in [0, 0.05) is 15.2 Å². The number of thiophene rings is 2. The normalized spacial score (nSPS) is 22.7. The minimum Gasteiger partial charge on any atom is -0.479 e. The fourth-order valence-corrected chi connectivity index (χ4v) is 5.37. The Morgan fingerprint density at radius 2 is 2.21 bits per heavy atom. The van der Waals surface area contributed by atoms with Gasteiger partial charge in [0.2, 0.25) is 0 Å². The second-order valence-corrected chi connectivity index (χ2v) is 7.54. The van der Waals surface area contributed by atoms with Gasteiger partial charge in [-0.25, -0.2) is 4.79 Å². The monoisotopic (exact) mass is 313 g/mol. The summed E-state index contributed by atoms with van der Waals surface area (Å²) in [6.07, 6.45) is 0.485. The number of aliphatic carboxylic acids is 1. The summed E-state index contributed by atoms with van der Waals surface area (Å²) < 4.78 is 2.14. The molecule has 1 fully saturated rings. The summed E-state index contributed by atoms with van der Waals surface area (Å²) in [6.45, 7) is 0. The summed E-state index contributed by atoms with van der Waals surface area (Å²) in [4.78, 5) is 24.2. The van der Waals surface area contributed by atoms with Gasteiger partial charge in [-0.15, -0.1) is 22.7 Å². The Kier molecular flexibility index (Phi) is 3.28. The van der Waals surface area contributed by atoms with Crippen LogP contribution >= 0.6 is 34.4 Å². The van der Waals surface area contributed by atoms with E-state index in [1.807, 2.05) is 17.5 Å². The van der Waals surface area contributed by atoms with Gasteiger partial charge in [-0.3, -0.25) is 4.79 Å². The molecule has 19 heavy (non-hydrogen) atoms. The van der Waals surface area contributed by atoms with Gasteiger partial charge in [-0.2, -0.15) is 11.8 Å². The average molecular weight is 313 g/mol. The van der Waals surface area contributed by atoms with Crippen molar-refractivity contribution in [3.63, 3.8) is 0 Å². The van der Waals surface area contributed by atoms with Crippen molar-refractivity contribution in [2.75, 3.05) is 11.5 Å². The van der Waals surface area contributed by atoms with Gasteiger partial charge in [0.05, 0.1) is 4.88 Å². The van der Waals surface area contributed by atoms with Gasteiger partial charge in [0.25, 0.3) is 5.91 Å². The van der Waals surface area contributed by atoms with Crippen LogP contribution in [0.3, 0.4) is 0 Å². The number of hydrogen-bond donors (Lipinski definition) is 2. The molecule has 0 aliphatic carbocycles.